The van der Waals surface area contributed by atoms with Gasteiger partial charge in [-0.2, -0.15) is 0 Å². The van der Waals surface area contributed by atoms with Crippen LogP contribution in [0.5, 0.6) is 0 Å². The van der Waals surface area contributed by atoms with Gasteiger partial charge in [0.1, 0.15) is 0 Å². The molecule has 1 aromatic rings. The molecule has 1 unspecified atom stereocenters. The number of hydrogen-bond donors (Lipinski definition) is 0. The van der Waals surface area contributed by atoms with Crippen LogP contribution in [-0.2, 0) is 9.84 Å². The second-order valence-corrected chi connectivity index (χ2v) is 9.98. The van der Waals surface area contributed by atoms with Gasteiger partial charge in [0.15, 0.2) is 12.0 Å². The molecule has 0 bridgehead atoms. The third-order valence-electron chi connectivity index (χ3n) is 1.58. The van der Waals surface area contributed by atoms with Crippen molar-refractivity contribution in [2.24, 2.45) is 0 Å². The number of aryl methyl sites for hydroxylation is 1. The minimum atomic E-state index is -3.19. The average molecular weight is 375 g/mol. The molecule has 72 valence electrons. The molecule has 0 saturated carbocycles. The molecule has 5 heteroatoms. The van der Waals surface area contributed by atoms with Crippen LogP contribution < -0.4 is 0 Å². The van der Waals surface area contributed by atoms with E-state index in [0.717, 1.165) is 5.56 Å². The Labute approximate surface area is 99.9 Å². The fraction of sp³-hybridized carbons (Fsp3) is 0.250. The van der Waals surface area contributed by atoms with Crippen LogP contribution in [0.4, 0.5) is 0 Å². The molecule has 0 aliphatic rings. The third-order valence-corrected chi connectivity index (χ3v) is 6.47. The summed E-state index contributed by atoms with van der Waals surface area (Å²) < 4.78 is 22.6. The lowest BCUT2D eigenvalue weighted by atomic mass is 10.2. The molecule has 0 heterocycles. The summed E-state index contributed by atoms with van der Waals surface area (Å²) in [6, 6.07) is 6.83. The monoisotopic (exact) mass is 374 g/mol. The Kier molecular flexibility index (Phi) is 3.76. The van der Waals surface area contributed by atoms with Crippen molar-refractivity contribution >= 4 is 48.4 Å². The van der Waals surface area contributed by atoms with Gasteiger partial charge in [0, 0.05) is 0 Å². The number of halogens is 2. The SMILES string of the molecule is Cc1ccc(S(=O)(=O)C(Br)I)cc1. The van der Waals surface area contributed by atoms with Gasteiger partial charge in [0.05, 0.1) is 4.90 Å². The normalized spacial score (nSPS) is 14.1. The quantitative estimate of drug-likeness (QED) is 0.589. The molecule has 0 amide bonds. The van der Waals surface area contributed by atoms with Crippen LogP contribution in [0.2, 0.25) is 0 Å². The van der Waals surface area contributed by atoms with E-state index in [2.05, 4.69) is 15.9 Å². The van der Waals surface area contributed by atoms with E-state index in [4.69, 9.17) is 0 Å². The fourth-order valence-corrected chi connectivity index (χ4v) is 3.08. The maximum Gasteiger partial charge on any atom is 0.200 e. The Morgan fingerprint density at radius 3 is 2.15 bits per heavy atom. The summed E-state index contributed by atoms with van der Waals surface area (Å²) in [5.74, 6) is 0. The summed E-state index contributed by atoms with van der Waals surface area (Å²) in [7, 11) is -3.19. The third kappa shape index (κ3) is 2.66. The van der Waals surface area contributed by atoms with Crippen molar-refractivity contribution in [1.82, 2.24) is 0 Å². The number of alkyl halides is 2. The second-order valence-electron chi connectivity index (χ2n) is 2.62. The number of sulfone groups is 1. The minimum Gasteiger partial charge on any atom is -0.222 e. The van der Waals surface area contributed by atoms with Crippen LogP contribution in [0.3, 0.4) is 0 Å². The first-order valence-electron chi connectivity index (χ1n) is 3.53. The molecular weight excluding hydrogens is 367 g/mol. The zero-order valence-electron chi connectivity index (χ0n) is 6.87. The summed E-state index contributed by atoms with van der Waals surface area (Å²) >= 11 is 4.88. The number of rotatable bonds is 2. The Hall–Kier alpha value is 0.380. The highest BCUT2D eigenvalue weighted by atomic mass is 127. The number of benzene rings is 1. The Balaban J connectivity index is 3.17. The van der Waals surface area contributed by atoms with Gasteiger partial charge < -0.3 is 0 Å². The van der Waals surface area contributed by atoms with Crippen molar-refractivity contribution in [2.45, 2.75) is 14.0 Å². The topological polar surface area (TPSA) is 34.1 Å². The molecule has 1 rings (SSSR count). The molecule has 1 atom stereocenters. The molecule has 0 aliphatic carbocycles. The summed E-state index contributed by atoms with van der Waals surface area (Å²) in [4.78, 5) is 0.356. The van der Waals surface area contributed by atoms with Crippen LogP contribution in [0.25, 0.3) is 0 Å². The van der Waals surface area contributed by atoms with Gasteiger partial charge in [-0.25, -0.2) is 8.42 Å². The lowest BCUT2D eigenvalue weighted by Crippen LogP contribution is -2.07. The first-order valence-corrected chi connectivity index (χ1v) is 7.24. The highest BCUT2D eigenvalue weighted by Crippen LogP contribution is 2.25. The van der Waals surface area contributed by atoms with Gasteiger partial charge in [-0.05, 0) is 19.1 Å². The van der Waals surface area contributed by atoms with Crippen molar-refractivity contribution in [1.29, 1.82) is 0 Å². The lowest BCUT2D eigenvalue weighted by Gasteiger charge is -2.04. The molecule has 0 radical (unpaired) electrons. The summed E-state index contributed by atoms with van der Waals surface area (Å²) in [6.07, 6.45) is 0. The molecule has 0 aromatic heterocycles. The zero-order chi connectivity index (χ0) is 10.1. The molecule has 0 fully saturated rings. The fourth-order valence-electron chi connectivity index (χ4n) is 0.831. The molecule has 0 aliphatic heterocycles. The highest BCUT2D eigenvalue weighted by Gasteiger charge is 2.21. The zero-order valence-corrected chi connectivity index (χ0v) is 11.4. The van der Waals surface area contributed by atoms with Gasteiger partial charge in [-0.3, -0.25) is 0 Å². The largest absolute Gasteiger partial charge is 0.222 e. The Bertz CT molecular complexity index is 383. The Morgan fingerprint density at radius 1 is 1.31 bits per heavy atom. The van der Waals surface area contributed by atoms with Crippen molar-refractivity contribution < 1.29 is 8.42 Å². The molecule has 13 heavy (non-hydrogen) atoms. The van der Waals surface area contributed by atoms with Gasteiger partial charge in [0.25, 0.3) is 0 Å². The minimum absolute atomic E-state index is 0.356. The highest BCUT2D eigenvalue weighted by molar-refractivity contribution is 14.1. The smallest absolute Gasteiger partial charge is 0.200 e. The van der Waals surface area contributed by atoms with Crippen molar-refractivity contribution in [3.63, 3.8) is 0 Å². The van der Waals surface area contributed by atoms with E-state index < -0.39 is 12.0 Å². The predicted octanol–water partition coefficient (Wildman–Crippen LogP) is 2.88. The summed E-state index contributed by atoms with van der Waals surface area (Å²) in [6.45, 7) is 1.92. The van der Waals surface area contributed by atoms with E-state index in [9.17, 15) is 8.42 Å². The maximum atomic E-state index is 11.6. The molecule has 2 nitrogen and oxygen atoms in total. The maximum absolute atomic E-state index is 11.6. The van der Waals surface area contributed by atoms with E-state index in [0.29, 0.717) is 4.90 Å². The van der Waals surface area contributed by atoms with Crippen molar-refractivity contribution in [2.75, 3.05) is 0 Å². The molecule has 0 N–H and O–H groups in total. The van der Waals surface area contributed by atoms with E-state index >= 15 is 0 Å². The van der Waals surface area contributed by atoms with Crippen molar-refractivity contribution in [3.8, 4) is 0 Å². The van der Waals surface area contributed by atoms with Crippen LogP contribution in [-0.4, -0.2) is 10.6 Å². The predicted molar refractivity (Wildman–Crippen MR) is 65.1 cm³/mol. The van der Waals surface area contributed by atoms with Crippen LogP contribution >= 0.6 is 38.5 Å². The van der Waals surface area contributed by atoms with E-state index in [1.54, 1.807) is 24.3 Å². The van der Waals surface area contributed by atoms with Crippen LogP contribution in [0, 0.1) is 6.92 Å². The lowest BCUT2D eigenvalue weighted by molar-refractivity contribution is 0.600. The molecule has 0 saturated heterocycles. The standard InChI is InChI=1S/C8H8BrIO2S/c1-6-2-4-7(5-3-6)13(11,12)8(9)10/h2-5,8H,1H3. The molecule has 1 aromatic carbocycles. The first-order chi connectivity index (χ1) is 5.94. The van der Waals surface area contributed by atoms with Gasteiger partial charge in [-0.1, -0.05) is 56.2 Å². The summed E-state index contributed by atoms with van der Waals surface area (Å²) in [5.41, 5.74) is 1.05. The van der Waals surface area contributed by atoms with E-state index in [-0.39, 0.29) is 0 Å². The average Bonchev–Trinajstić information content (AvgIpc) is 2.04. The van der Waals surface area contributed by atoms with Gasteiger partial charge >= 0.3 is 0 Å². The first kappa shape index (κ1) is 11.5. The second kappa shape index (κ2) is 4.27. The molecular formula is C8H8BrIO2S. The van der Waals surface area contributed by atoms with Crippen molar-refractivity contribution in [3.05, 3.63) is 29.8 Å². The van der Waals surface area contributed by atoms with Crippen LogP contribution in [0.15, 0.2) is 29.2 Å². The van der Waals surface area contributed by atoms with E-state index in [1.807, 2.05) is 29.5 Å². The Morgan fingerprint density at radius 2 is 1.77 bits per heavy atom. The van der Waals surface area contributed by atoms with Gasteiger partial charge in [0.2, 0.25) is 0 Å². The number of hydrogen-bond acceptors (Lipinski definition) is 2. The summed E-state index contributed by atoms with van der Waals surface area (Å²) in [5, 5.41) is 0. The molecule has 0 spiro atoms. The van der Waals surface area contributed by atoms with Crippen LogP contribution in [0.1, 0.15) is 5.56 Å². The van der Waals surface area contributed by atoms with Gasteiger partial charge in [-0.15, -0.1) is 0 Å². The van der Waals surface area contributed by atoms with E-state index in [1.165, 1.54) is 0 Å².